The second kappa shape index (κ2) is 8.01. The van der Waals surface area contributed by atoms with E-state index in [4.69, 9.17) is 23.2 Å². The molecule has 0 unspecified atom stereocenters. The van der Waals surface area contributed by atoms with Gasteiger partial charge in [-0.25, -0.2) is 4.39 Å². The van der Waals surface area contributed by atoms with Crippen LogP contribution in [0.3, 0.4) is 0 Å². The normalized spacial score (nSPS) is 10.3. The van der Waals surface area contributed by atoms with E-state index in [0.717, 1.165) is 5.56 Å². The molecule has 1 amide bonds. The van der Waals surface area contributed by atoms with Crippen LogP contribution < -0.4 is 10.6 Å². The molecular weight excluding hydrogens is 326 g/mol. The number of nitrogens with one attached hydrogen (secondary N) is 2. The third kappa shape index (κ3) is 4.90. The van der Waals surface area contributed by atoms with Gasteiger partial charge in [0, 0.05) is 16.6 Å². The van der Waals surface area contributed by atoms with Gasteiger partial charge in [0.15, 0.2) is 0 Å². The first kappa shape index (κ1) is 16.6. The second-order valence-corrected chi connectivity index (χ2v) is 5.51. The first-order chi connectivity index (χ1) is 10.6. The largest absolute Gasteiger partial charge is 0.374 e. The summed E-state index contributed by atoms with van der Waals surface area (Å²) in [6, 6.07) is 11.5. The number of anilines is 1. The van der Waals surface area contributed by atoms with Crippen LogP contribution in [0.25, 0.3) is 0 Å². The summed E-state index contributed by atoms with van der Waals surface area (Å²) < 4.78 is 13.4. The van der Waals surface area contributed by atoms with E-state index in [0.29, 0.717) is 28.7 Å². The van der Waals surface area contributed by atoms with E-state index in [9.17, 15) is 9.18 Å². The van der Waals surface area contributed by atoms with Crippen LogP contribution in [-0.2, 0) is 11.2 Å². The van der Waals surface area contributed by atoms with Crippen LogP contribution in [0.2, 0.25) is 10.0 Å². The number of halogens is 3. The first-order valence-corrected chi connectivity index (χ1v) is 7.51. The Morgan fingerprint density at radius 3 is 2.64 bits per heavy atom. The van der Waals surface area contributed by atoms with Crippen molar-refractivity contribution < 1.29 is 9.18 Å². The van der Waals surface area contributed by atoms with Gasteiger partial charge in [-0.05, 0) is 36.2 Å². The highest BCUT2D eigenvalue weighted by molar-refractivity contribution is 6.35. The van der Waals surface area contributed by atoms with Crippen molar-refractivity contribution in [2.45, 2.75) is 6.42 Å². The molecule has 0 atom stereocenters. The second-order valence-electron chi connectivity index (χ2n) is 4.67. The number of carbonyl (C=O) groups excluding carboxylic acids is 1. The molecule has 3 nitrogen and oxygen atoms in total. The molecule has 0 heterocycles. The zero-order valence-electron chi connectivity index (χ0n) is 11.7. The number of hydrogen-bond acceptors (Lipinski definition) is 2. The van der Waals surface area contributed by atoms with Gasteiger partial charge in [-0.3, -0.25) is 4.79 Å². The van der Waals surface area contributed by atoms with Gasteiger partial charge in [-0.2, -0.15) is 0 Å². The van der Waals surface area contributed by atoms with Crippen molar-refractivity contribution in [1.29, 1.82) is 0 Å². The Labute approximate surface area is 138 Å². The average molecular weight is 341 g/mol. The van der Waals surface area contributed by atoms with Crippen LogP contribution in [0, 0.1) is 5.82 Å². The molecule has 0 radical (unpaired) electrons. The molecule has 0 aliphatic rings. The maximum absolute atomic E-state index is 13.4. The lowest BCUT2D eigenvalue weighted by molar-refractivity contribution is -0.119. The van der Waals surface area contributed by atoms with Gasteiger partial charge in [-0.1, -0.05) is 41.4 Å². The fraction of sp³-hybridized carbons (Fsp3) is 0.188. The molecule has 0 saturated carbocycles. The van der Waals surface area contributed by atoms with E-state index in [1.54, 1.807) is 30.3 Å². The summed E-state index contributed by atoms with van der Waals surface area (Å²) in [4.78, 5) is 11.7. The minimum absolute atomic E-state index is 0.00921. The van der Waals surface area contributed by atoms with Gasteiger partial charge in [0.05, 0.1) is 12.2 Å². The van der Waals surface area contributed by atoms with Crippen molar-refractivity contribution in [2.24, 2.45) is 0 Å². The summed E-state index contributed by atoms with van der Waals surface area (Å²) in [6.45, 7) is 0.453. The van der Waals surface area contributed by atoms with E-state index >= 15 is 0 Å². The van der Waals surface area contributed by atoms with E-state index in [1.165, 1.54) is 6.07 Å². The number of para-hydroxylation sites is 1. The molecule has 0 aliphatic carbocycles. The molecule has 2 aromatic rings. The Morgan fingerprint density at radius 2 is 1.91 bits per heavy atom. The highest BCUT2D eigenvalue weighted by Gasteiger charge is 2.05. The minimum atomic E-state index is -0.386. The van der Waals surface area contributed by atoms with E-state index in [-0.39, 0.29) is 18.3 Å². The fourth-order valence-electron chi connectivity index (χ4n) is 1.90. The fourth-order valence-corrected chi connectivity index (χ4v) is 2.41. The zero-order valence-corrected chi connectivity index (χ0v) is 13.2. The van der Waals surface area contributed by atoms with Gasteiger partial charge >= 0.3 is 0 Å². The van der Waals surface area contributed by atoms with Gasteiger partial charge in [-0.15, -0.1) is 0 Å². The van der Waals surface area contributed by atoms with Gasteiger partial charge in [0.25, 0.3) is 0 Å². The Hall–Kier alpha value is -1.78. The van der Waals surface area contributed by atoms with Crippen molar-refractivity contribution in [3.05, 3.63) is 63.9 Å². The van der Waals surface area contributed by atoms with E-state index < -0.39 is 0 Å². The first-order valence-electron chi connectivity index (χ1n) is 6.75. The number of amides is 1. The molecule has 0 spiro atoms. The van der Waals surface area contributed by atoms with Gasteiger partial charge in [0.2, 0.25) is 5.91 Å². The number of rotatable bonds is 6. The van der Waals surface area contributed by atoms with Crippen LogP contribution in [0.4, 0.5) is 10.1 Å². The quantitative estimate of drug-likeness (QED) is 0.837. The summed E-state index contributed by atoms with van der Waals surface area (Å²) >= 11 is 11.9. The zero-order chi connectivity index (χ0) is 15.9. The van der Waals surface area contributed by atoms with Gasteiger partial charge < -0.3 is 10.6 Å². The molecule has 0 aromatic heterocycles. The predicted molar refractivity (Wildman–Crippen MR) is 88.1 cm³/mol. The topological polar surface area (TPSA) is 41.1 Å². The van der Waals surface area contributed by atoms with Crippen molar-refractivity contribution in [1.82, 2.24) is 5.32 Å². The monoisotopic (exact) mass is 340 g/mol. The van der Waals surface area contributed by atoms with E-state index in [2.05, 4.69) is 10.6 Å². The smallest absolute Gasteiger partial charge is 0.239 e. The minimum Gasteiger partial charge on any atom is -0.374 e. The maximum Gasteiger partial charge on any atom is 0.239 e. The molecule has 2 N–H and O–H groups in total. The SMILES string of the molecule is O=C(CNc1ccccc1F)NCCc1ccc(Cl)cc1Cl. The maximum atomic E-state index is 13.4. The molecule has 0 saturated heterocycles. The summed E-state index contributed by atoms with van der Waals surface area (Å²) in [5.74, 6) is -0.600. The number of hydrogen-bond donors (Lipinski definition) is 2. The van der Waals surface area contributed by atoms with Crippen molar-refractivity contribution >= 4 is 34.8 Å². The highest BCUT2D eigenvalue weighted by Crippen LogP contribution is 2.21. The lowest BCUT2D eigenvalue weighted by Gasteiger charge is -2.09. The van der Waals surface area contributed by atoms with Crippen LogP contribution in [0.5, 0.6) is 0 Å². The highest BCUT2D eigenvalue weighted by atomic mass is 35.5. The molecular formula is C16H15Cl2FN2O. The Morgan fingerprint density at radius 1 is 1.14 bits per heavy atom. The molecule has 2 rings (SSSR count). The van der Waals surface area contributed by atoms with Crippen molar-refractivity contribution in [3.8, 4) is 0 Å². The summed E-state index contributed by atoms with van der Waals surface area (Å²) in [7, 11) is 0. The van der Waals surface area contributed by atoms with Crippen molar-refractivity contribution in [3.63, 3.8) is 0 Å². The van der Waals surface area contributed by atoms with Gasteiger partial charge in [0.1, 0.15) is 5.82 Å². The lowest BCUT2D eigenvalue weighted by Crippen LogP contribution is -2.31. The molecule has 2 aromatic carbocycles. The van der Waals surface area contributed by atoms with Crippen LogP contribution >= 0.6 is 23.2 Å². The molecule has 0 bridgehead atoms. The molecule has 22 heavy (non-hydrogen) atoms. The molecule has 116 valence electrons. The van der Waals surface area contributed by atoms with Crippen LogP contribution in [0.1, 0.15) is 5.56 Å². The Balaban J connectivity index is 1.75. The van der Waals surface area contributed by atoms with Crippen molar-refractivity contribution in [2.75, 3.05) is 18.4 Å². The molecule has 0 aliphatic heterocycles. The number of benzene rings is 2. The third-order valence-electron chi connectivity index (χ3n) is 3.04. The van der Waals surface area contributed by atoms with Crippen LogP contribution in [-0.4, -0.2) is 19.0 Å². The standard InChI is InChI=1S/C16H15Cl2FN2O/c17-12-6-5-11(13(18)9-12)7-8-20-16(22)10-21-15-4-2-1-3-14(15)19/h1-6,9,21H,7-8,10H2,(H,20,22). The average Bonchev–Trinajstić information content (AvgIpc) is 2.49. The Kier molecular flexibility index (Phi) is 6.04. The predicted octanol–water partition coefficient (Wildman–Crippen LogP) is 3.90. The van der Waals surface area contributed by atoms with E-state index in [1.807, 2.05) is 6.07 Å². The van der Waals surface area contributed by atoms with Crippen LogP contribution in [0.15, 0.2) is 42.5 Å². The summed E-state index contributed by atoms with van der Waals surface area (Å²) in [5.41, 5.74) is 1.21. The summed E-state index contributed by atoms with van der Waals surface area (Å²) in [6.07, 6.45) is 0.599. The number of carbonyl (C=O) groups is 1. The summed E-state index contributed by atoms with van der Waals surface area (Å²) in [5, 5.41) is 6.65. The third-order valence-corrected chi connectivity index (χ3v) is 3.63. The lowest BCUT2D eigenvalue weighted by atomic mass is 10.1. The Bertz CT molecular complexity index is 664. The molecule has 0 fully saturated rings. The molecule has 6 heteroatoms.